The second kappa shape index (κ2) is 7.10. The zero-order valence-corrected chi connectivity index (χ0v) is 11.7. The Balaban J connectivity index is 2.50. The average molecular weight is 280 g/mol. The summed E-state index contributed by atoms with van der Waals surface area (Å²) in [5.41, 5.74) is 2.97. The van der Waals surface area contributed by atoms with Crippen LogP contribution in [0.3, 0.4) is 0 Å². The van der Waals surface area contributed by atoms with E-state index in [0.29, 0.717) is 0 Å². The normalized spacial score (nSPS) is 10.8. The summed E-state index contributed by atoms with van der Waals surface area (Å²) in [6.07, 6.45) is 3.23. The highest BCUT2D eigenvalue weighted by molar-refractivity contribution is 5.86. The van der Waals surface area contributed by atoms with Crippen molar-refractivity contribution in [2.75, 3.05) is 7.11 Å². The minimum atomic E-state index is -1.09. The first-order valence-corrected chi connectivity index (χ1v) is 6.52. The molecule has 0 amide bonds. The summed E-state index contributed by atoms with van der Waals surface area (Å²) in [5, 5.41) is 9.00. The van der Waals surface area contributed by atoms with Gasteiger partial charge in [-0.05, 0) is 28.9 Å². The van der Waals surface area contributed by atoms with Crippen LogP contribution in [-0.4, -0.2) is 18.2 Å². The highest BCUT2D eigenvalue weighted by Crippen LogP contribution is 2.23. The van der Waals surface area contributed by atoms with E-state index in [0.717, 1.165) is 16.7 Å². The molecule has 0 aliphatic carbocycles. The van der Waals surface area contributed by atoms with Crippen molar-refractivity contribution < 1.29 is 14.6 Å². The maximum absolute atomic E-state index is 11.0. The number of hydrogen-bond acceptors (Lipinski definition) is 2. The van der Waals surface area contributed by atoms with E-state index in [1.54, 1.807) is 6.08 Å². The first-order chi connectivity index (χ1) is 10.2. The Bertz CT molecular complexity index is 614. The number of carboxylic acids is 1. The number of benzene rings is 2. The molecule has 0 heterocycles. The molecule has 0 fully saturated rings. The van der Waals surface area contributed by atoms with Gasteiger partial charge in [-0.25, -0.2) is 4.79 Å². The Kier molecular flexibility index (Phi) is 4.94. The minimum Gasteiger partial charge on any atom is -0.490 e. The van der Waals surface area contributed by atoms with Crippen LogP contribution < -0.4 is 0 Å². The molecule has 0 aromatic heterocycles. The van der Waals surface area contributed by atoms with Crippen molar-refractivity contribution >= 4 is 11.5 Å². The molecule has 0 aliphatic heterocycles. The van der Waals surface area contributed by atoms with Gasteiger partial charge in [0.2, 0.25) is 5.76 Å². The van der Waals surface area contributed by atoms with E-state index in [1.807, 2.05) is 60.7 Å². The van der Waals surface area contributed by atoms with Gasteiger partial charge in [-0.3, -0.25) is 0 Å². The first-order valence-electron chi connectivity index (χ1n) is 6.52. The fourth-order valence-electron chi connectivity index (χ4n) is 1.98. The highest BCUT2D eigenvalue weighted by Gasteiger charge is 2.07. The van der Waals surface area contributed by atoms with Crippen molar-refractivity contribution in [1.82, 2.24) is 0 Å². The molecule has 0 radical (unpaired) electrons. The van der Waals surface area contributed by atoms with Crippen molar-refractivity contribution in [2.24, 2.45) is 0 Å². The molecule has 2 aromatic rings. The molecule has 2 rings (SSSR count). The Morgan fingerprint density at radius 2 is 1.38 bits per heavy atom. The molecule has 1 N–H and O–H groups in total. The molecular formula is C18H16O3. The molecule has 3 heteroatoms. The lowest BCUT2D eigenvalue weighted by molar-refractivity contribution is -0.136. The van der Waals surface area contributed by atoms with E-state index in [-0.39, 0.29) is 5.76 Å². The summed E-state index contributed by atoms with van der Waals surface area (Å²) in [7, 11) is 1.35. The fraction of sp³-hybridized carbons (Fsp3) is 0.0556. The largest absolute Gasteiger partial charge is 0.490 e. The number of methoxy groups -OCH3 is 1. The van der Waals surface area contributed by atoms with Gasteiger partial charge in [0, 0.05) is 0 Å². The third kappa shape index (κ3) is 3.83. The van der Waals surface area contributed by atoms with Gasteiger partial charge in [-0.15, -0.1) is 0 Å². The van der Waals surface area contributed by atoms with E-state index in [1.165, 1.54) is 13.2 Å². The van der Waals surface area contributed by atoms with E-state index in [2.05, 4.69) is 0 Å². The van der Waals surface area contributed by atoms with Crippen LogP contribution in [0.25, 0.3) is 5.57 Å². The number of aliphatic carboxylic acids is 1. The number of ether oxygens (including phenoxy) is 1. The van der Waals surface area contributed by atoms with Crippen LogP contribution in [0.1, 0.15) is 11.1 Å². The minimum absolute atomic E-state index is 0.0978. The summed E-state index contributed by atoms with van der Waals surface area (Å²) >= 11 is 0. The van der Waals surface area contributed by atoms with Gasteiger partial charge in [0.25, 0.3) is 0 Å². The van der Waals surface area contributed by atoms with E-state index >= 15 is 0 Å². The van der Waals surface area contributed by atoms with Gasteiger partial charge in [0.1, 0.15) is 0 Å². The molecule has 0 spiro atoms. The molecule has 106 valence electrons. The van der Waals surface area contributed by atoms with Crippen LogP contribution in [0, 0.1) is 0 Å². The average Bonchev–Trinajstić information content (AvgIpc) is 2.53. The maximum Gasteiger partial charge on any atom is 0.371 e. The van der Waals surface area contributed by atoms with Crippen molar-refractivity contribution in [1.29, 1.82) is 0 Å². The number of allylic oxidation sites excluding steroid dienone is 2. The molecular weight excluding hydrogens is 264 g/mol. The predicted octanol–water partition coefficient (Wildman–Crippen LogP) is 3.73. The predicted molar refractivity (Wildman–Crippen MR) is 82.7 cm³/mol. The van der Waals surface area contributed by atoms with Crippen molar-refractivity contribution in [3.05, 3.63) is 89.7 Å². The fourth-order valence-corrected chi connectivity index (χ4v) is 1.98. The number of rotatable bonds is 5. The quantitative estimate of drug-likeness (QED) is 0.515. The van der Waals surface area contributed by atoms with Gasteiger partial charge in [-0.1, -0.05) is 60.7 Å². The lowest BCUT2D eigenvalue weighted by atomic mass is 9.97. The van der Waals surface area contributed by atoms with Gasteiger partial charge >= 0.3 is 5.97 Å². The molecule has 0 bridgehead atoms. The van der Waals surface area contributed by atoms with Crippen LogP contribution >= 0.6 is 0 Å². The standard InChI is InChI=1S/C18H16O3/c1-21-17(18(19)20)13-12-16(14-8-4-2-5-9-14)15-10-6-3-7-11-15/h2-13H,1H3,(H,19,20). The summed E-state index contributed by atoms with van der Waals surface area (Å²) < 4.78 is 4.85. The van der Waals surface area contributed by atoms with Crippen LogP contribution in [0.5, 0.6) is 0 Å². The summed E-state index contributed by atoms with van der Waals surface area (Å²) in [4.78, 5) is 11.0. The second-order valence-electron chi connectivity index (χ2n) is 4.35. The van der Waals surface area contributed by atoms with E-state index in [9.17, 15) is 4.79 Å². The third-order valence-corrected chi connectivity index (χ3v) is 3.00. The molecule has 0 unspecified atom stereocenters. The third-order valence-electron chi connectivity index (χ3n) is 3.00. The summed E-state index contributed by atoms with van der Waals surface area (Å²) in [5.74, 6) is -1.19. The topological polar surface area (TPSA) is 46.5 Å². The van der Waals surface area contributed by atoms with Crippen molar-refractivity contribution in [2.45, 2.75) is 0 Å². The van der Waals surface area contributed by atoms with Crippen LogP contribution in [0.2, 0.25) is 0 Å². The number of carbonyl (C=O) groups is 1. The van der Waals surface area contributed by atoms with Crippen LogP contribution in [-0.2, 0) is 9.53 Å². The number of hydrogen-bond donors (Lipinski definition) is 1. The lowest BCUT2D eigenvalue weighted by Gasteiger charge is -2.08. The molecule has 0 saturated heterocycles. The van der Waals surface area contributed by atoms with Gasteiger partial charge in [0.15, 0.2) is 0 Å². The maximum atomic E-state index is 11.0. The Labute approximate surface area is 123 Å². The lowest BCUT2D eigenvalue weighted by Crippen LogP contribution is -2.01. The van der Waals surface area contributed by atoms with E-state index < -0.39 is 5.97 Å². The summed E-state index contributed by atoms with van der Waals surface area (Å²) in [6.45, 7) is 0. The van der Waals surface area contributed by atoms with Crippen molar-refractivity contribution in [3.63, 3.8) is 0 Å². The smallest absolute Gasteiger partial charge is 0.371 e. The second-order valence-corrected chi connectivity index (χ2v) is 4.35. The molecule has 0 atom stereocenters. The van der Waals surface area contributed by atoms with Gasteiger partial charge in [-0.2, -0.15) is 0 Å². The van der Waals surface area contributed by atoms with Gasteiger partial charge in [0.05, 0.1) is 7.11 Å². The zero-order valence-electron chi connectivity index (χ0n) is 11.7. The summed E-state index contributed by atoms with van der Waals surface area (Å²) in [6, 6.07) is 19.6. The molecule has 21 heavy (non-hydrogen) atoms. The molecule has 2 aromatic carbocycles. The van der Waals surface area contributed by atoms with Gasteiger partial charge < -0.3 is 9.84 Å². The van der Waals surface area contributed by atoms with Crippen LogP contribution in [0.4, 0.5) is 0 Å². The Morgan fingerprint density at radius 1 is 0.905 bits per heavy atom. The molecule has 0 saturated carbocycles. The Hall–Kier alpha value is -2.81. The highest BCUT2D eigenvalue weighted by atomic mass is 16.5. The molecule has 3 nitrogen and oxygen atoms in total. The SMILES string of the molecule is COC(=CC=C(c1ccccc1)c1ccccc1)C(=O)O. The van der Waals surface area contributed by atoms with E-state index in [4.69, 9.17) is 9.84 Å². The van der Waals surface area contributed by atoms with Crippen LogP contribution in [0.15, 0.2) is 78.6 Å². The Morgan fingerprint density at radius 3 is 1.76 bits per heavy atom. The number of carboxylic acid groups (broad SMARTS) is 1. The molecule has 0 aliphatic rings. The first kappa shape index (κ1) is 14.6. The zero-order chi connectivity index (χ0) is 15.1. The van der Waals surface area contributed by atoms with Crippen molar-refractivity contribution in [3.8, 4) is 0 Å². The monoisotopic (exact) mass is 280 g/mol.